The molecule has 0 aliphatic heterocycles. The number of hydrogen-bond donors (Lipinski definition) is 2. The molecule has 0 radical (unpaired) electrons. The number of hydrogen-bond acceptors (Lipinski definition) is 3. The van der Waals surface area contributed by atoms with Crippen LogP contribution in [-0.4, -0.2) is 47.4 Å². The van der Waals surface area contributed by atoms with E-state index < -0.39 is 23.8 Å². The molecule has 2 N–H and O–H groups in total. The first-order chi connectivity index (χ1) is 9.27. The van der Waals surface area contributed by atoms with E-state index in [-0.39, 0.29) is 17.7 Å². The van der Waals surface area contributed by atoms with Crippen molar-refractivity contribution in [2.75, 3.05) is 13.6 Å². The Morgan fingerprint density at radius 1 is 1.30 bits per heavy atom. The number of amides is 2. The molecule has 2 amide bonds. The van der Waals surface area contributed by atoms with Gasteiger partial charge in [0.2, 0.25) is 11.8 Å². The van der Waals surface area contributed by atoms with Crippen molar-refractivity contribution >= 4 is 17.8 Å². The van der Waals surface area contributed by atoms with E-state index in [4.69, 9.17) is 5.11 Å². The highest BCUT2D eigenvalue weighted by Gasteiger charge is 2.41. The van der Waals surface area contributed by atoms with Crippen molar-refractivity contribution in [3.05, 3.63) is 0 Å². The SMILES string of the molecule is CCN(C)C(=O)C(C)NC(=O)[C@H]1CC(C)C[C@H]1C(=O)O. The van der Waals surface area contributed by atoms with Gasteiger partial charge in [-0.3, -0.25) is 14.4 Å². The first-order valence-corrected chi connectivity index (χ1v) is 7.06. The number of carboxylic acid groups (broad SMARTS) is 1. The van der Waals surface area contributed by atoms with Crippen molar-refractivity contribution in [2.45, 2.75) is 39.7 Å². The van der Waals surface area contributed by atoms with Crippen LogP contribution in [0, 0.1) is 17.8 Å². The van der Waals surface area contributed by atoms with Crippen LogP contribution in [0.5, 0.6) is 0 Å². The molecule has 6 nitrogen and oxygen atoms in total. The van der Waals surface area contributed by atoms with E-state index in [1.807, 2.05) is 13.8 Å². The highest BCUT2D eigenvalue weighted by molar-refractivity contribution is 5.90. The summed E-state index contributed by atoms with van der Waals surface area (Å²) in [6.45, 7) is 5.99. The van der Waals surface area contributed by atoms with Crippen LogP contribution >= 0.6 is 0 Å². The minimum atomic E-state index is -0.931. The fourth-order valence-electron chi connectivity index (χ4n) is 2.72. The summed E-state index contributed by atoms with van der Waals surface area (Å²) in [6, 6.07) is -0.627. The fourth-order valence-corrected chi connectivity index (χ4v) is 2.72. The van der Waals surface area contributed by atoms with Crippen LogP contribution in [-0.2, 0) is 14.4 Å². The van der Waals surface area contributed by atoms with Gasteiger partial charge >= 0.3 is 5.97 Å². The van der Waals surface area contributed by atoms with Gasteiger partial charge in [-0.15, -0.1) is 0 Å². The minimum Gasteiger partial charge on any atom is -0.481 e. The average Bonchev–Trinajstić information content (AvgIpc) is 2.79. The summed E-state index contributed by atoms with van der Waals surface area (Å²) in [5.74, 6) is -2.39. The van der Waals surface area contributed by atoms with Crippen LogP contribution in [0.15, 0.2) is 0 Å². The van der Waals surface area contributed by atoms with E-state index in [9.17, 15) is 14.4 Å². The lowest BCUT2D eigenvalue weighted by molar-refractivity contribution is -0.146. The first-order valence-electron chi connectivity index (χ1n) is 7.06. The number of carbonyl (C=O) groups is 3. The van der Waals surface area contributed by atoms with E-state index in [1.54, 1.807) is 14.0 Å². The maximum Gasteiger partial charge on any atom is 0.307 e. The van der Waals surface area contributed by atoms with Gasteiger partial charge in [0.25, 0.3) is 0 Å². The van der Waals surface area contributed by atoms with Crippen molar-refractivity contribution in [1.29, 1.82) is 0 Å². The number of rotatable bonds is 5. The predicted octanol–water partition coefficient (Wildman–Crippen LogP) is 0.716. The van der Waals surface area contributed by atoms with Gasteiger partial charge in [-0.25, -0.2) is 0 Å². The quantitative estimate of drug-likeness (QED) is 0.778. The van der Waals surface area contributed by atoms with E-state index in [2.05, 4.69) is 5.32 Å². The molecular weight excluding hydrogens is 260 g/mol. The molecule has 0 aromatic carbocycles. The predicted molar refractivity (Wildman–Crippen MR) is 73.9 cm³/mol. The molecule has 0 aromatic rings. The summed E-state index contributed by atoms with van der Waals surface area (Å²) in [5.41, 5.74) is 0. The molecule has 1 saturated carbocycles. The van der Waals surface area contributed by atoms with Gasteiger partial charge in [-0.2, -0.15) is 0 Å². The van der Waals surface area contributed by atoms with Crippen LogP contribution in [0.3, 0.4) is 0 Å². The third-order valence-electron chi connectivity index (χ3n) is 4.03. The summed E-state index contributed by atoms with van der Waals surface area (Å²) in [6.07, 6.45) is 1.08. The number of aliphatic carboxylic acids is 1. The van der Waals surface area contributed by atoms with Gasteiger partial charge in [0.05, 0.1) is 11.8 Å². The van der Waals surface area contributed by atoms with Crippen LogP contribution < -0.4 is 5.32 Å². The highest BCUT2D eigenvalue weighted by atomic mass is 16.4. The molecule has 1 aliphatic rings. The molecule has 1 rings (SSSR count). The molecule has 114 valence electrons. The van der Waals surface area contributed by atoms with Crippen LogP contribution in [0.4, 0.5) is 0 Å². The normalized spacial score (nSPS) is 26.9. The van der Waals surface area contributed by atoms with E-state index in [1.165, 1.54) is 4.90 Å². The molecule has 0 spiro atoms. The monoisotopic (exact) mass is 284 g/mol. The largest absolute Gasteiger partial charge is 0.481 e. The van der Waals surface area contributed by atoms with Crippen LogP contribution in [0.1, 0.15) is 33.6 Å². The zero-order valence-electron chi connectivity index (χ0n) is 12.5. The Bertz CT molecular complexity index is 397. The number of carbonyl (C=O) groups excluding carboxylic acids is 2. The lowest BCUT2D eigenvalue weighted by atomic mass is 9.95. The van der Waals surface area contributed by atoms with Crippen molar-refractivity contribution in [1.82, 2.24) is 10.2 Å². The molecular formula is C14H24N2O4. The third kappa shape index (κ3) is 3.71. The van der Waals surface area contributed by atoms with Gasteiger partial charge in [-0.05, 0) is 32.6 Å². The zero-order valence-corrected chi connectivity index (χ0v) is 12.5. The van der Waals surface area contributed by atoms with Crippen LogP contribution in [0.25, 0.3) is 0 Å². The molecule has 4 atom stereocenters. The van der Waals surface area contributed by atoms with Gasteiger partial charge in [0.1, 0.15) is 6.04 Å². The van der Waals surface area contributed by atoms with E-state index in [0.717, 1.165) is 0 Å². The van der Waals surface area contributed by atoms with Crippen molar-refractivity contribution in [2.24, 2.45) is 17.8 Å². The maximum absolute atomic E-state index is 12.2. The molecule has 0 aromatic heterocycles. The van der Waals surface area contributed by atoms with E-state index in [0.29, 0.717) is 19.4 Å². The molecule has 0 saturated heterocycles. The molecule has 2 unspecified atom stereocenters. The van der Waals surface area contributed by atoms with Crippen molar-refractivity contribution < 1.29 is 19.5 Å². The number of nitrogens with one attached hydrogen (secondary N) is 1. The first kappa shape index (κ1) is 16.5. The van der Waals surface area contributed by atoms with Gasteiger partial charge in [0.15, 0.2) is 0 Å². The molecule has 0 bridgehead atoms. The second-order valence-electron chi connectivity index (χ2n) is 5.71. The Morgan fingerprint density at radius 3 is 2.35 bits per heavy atom. The molecule has 0 heterocycles. The molecule has 6 heteroatoms. The van der Waals surface area contributed by atoms with E-state index >= 15 is 0 Å². The van der Waals surface area contributed by atoms with Crippen molar-refractivity contribution in [3.8, 4) is 0 Å². The smallest absolute Gasteiger partial charge is 0.307 e. The van der Waals surface area contributed by atoms with Crippen LogP contribution in [0.2, 0.25) is 0 Å². The number of carboxylic acids is 1. The maximum atomic E-state index is 12.2. The van der Waals surface area contributed by atoms with Gasteiger partial charge in [0, 0.05) is 13.6 Å². The van der Waals surface area contributed by atoms with Gasteiger partial charge in [-0.1, -0.05) is 6.92 Å². The third-order valence-corrected chi connectivity index (χ3v) is 4.03. The summed E-state index contributed by atoms with van der Waals surface area (Å²) >= 11 is 0. The Balaban J connectivity index is 2.66. The van der Waals surface area contributed by atoms with Crippen molar-refractivity contribution in [3.63, 3.8) is 0 Å². The Kier molecular flexibility index (Phi) is 5.53. The number of likely N-dealkylation sites (N-methyl/N-ethyl adjacent to an activating group) is 1. The summed E-state index contributed by atoms with van der Waals surface area (Å²) in [4.78, 5) is 36.8. The topological polar surface area (TPSA) is 86.7 Å². The Morgan fingerprint density at radius 2 is 1.85 bits per heavy atom. The molecule has 1 fully saturated rings. The zero-order chi connectivity index (χ0) is 15.4. The second-order valence-corrected chi connectivity index (χ2v) is 5.71. The fraction of sp³-hybridized carbons (Fsp3) is 0.786. The second kappa shape index (κ2) is 6.72. The lowest BCUT2D eigenvalue weighted by Gasteiger charge is -2.23. The minimum absolute atomic E-state index is 0.168. The molecule has 20 heavy (non-hydrogen) atoms. The van der Waals surface area contributed by atoms with Gasteiger partial charge < -0.3 is 15.3 Å². The summed E-state index contributed by atoms with van der Waals surface area (Å²) in [7, 11) is 1.67. The Hall–Kier alpha value is -1.59. The Labute approximate surface area is 119 Å². The number of nitrogens with zero attached hydrogens (tertiary/aromatic N) is 1. The highest BCUT2D eigenvalue weighted by Crippen LogP contribution is 2.36. The lowest BCUT2D eigenvalue weighted by Crippen LogP contribution is -2.48. The average molecular weight is 284 g/mol. The summed E-state index contributed by atoms with van der Waals surface area (Å²) < 4.78 is 0. The summed E-state index contributed by atoms with van der Waals surface area (Å²) in [5, 5.41) is 11.8. The molecule has 1 aliphatic carbocycles. The standard InChI is InChI=1S/C14H24N2O4/c1-5-16(4)13(18)9(3)15-12(17)10-6-8(2)7-11(10)14(19)20/h8-11H,5-7H2,1-4H3,(H,15,17)(H,19,20)/t8?,9?,10-,11+/m0/s1.